The number of hydrogen-bond donors (Lipinski definition) is 2. The first kappa shape index (κ1) is 21.0. The number of benzene rings is 2. The molecule has 0 bridgehead atoms. The number of para-hydroxylation sites is 2. The van der Waals surface area contributed by atoms with Crippen molar-refractivity contribution in [3.05, 3.63) is 90.9 Å². The number of rotatable bonds is 7. The van der Waals surface area contributed by atoms with Gasteiger partial charge in [0.05, 0.1) is 0 Å². The van der Waals surface area contributed by atoms with Gasteiger partial charge in [-0.1, -0.05) is 49.1 Å². The normalized spacial score (nSPS) is 11.4. The third-order valence-electron chi connectivity index (χ3n) is 4.03. The standard InChI is InChI=1S/C23H21N3O3S/c1-3-5-9-16(4-2)15-28-18-11-8-10-17(14-18)24-23(30)26-21(27)22-25-19-12-6-7-13-20(19)29-22/h3-14H,1,15H2,2H3,(H2,24,26,27,30)/b9-5-,16-4+. The Balaban J connectivity index is 1.58. The summed E-state index contributed by atoms with van der Waals surface area (Å²) in [6.45, 7) is 6.03. The van der Waals surface area contributed by atoms with Gasteiger partial charge in [0.15, 0.2) is 10.7 Å². The minimum atomic E-state index is -0.525. The topological polar surface area (TPSA) is 76.4 Å². The van der Waals surface area contributed by atoms with E-state index in [4.69, 9.17) is 21.4 Å². The van der Waals surface area contributed by atoms with Gasteiger partial charge in [0.25, 0.3) is 5.89 Å². The Hall–Kier alpha value is -3.71. The van der Waals surface area contributed by atoms with Crippen LogP contribution in [0.4, 0.5) is 5.69 Å². The van der Waals surface area contributed by atoms with Gasteiger partial charge in [-0.25, -0.2) is 4.98 Å². The van der Waals surface area contributed by atoms with Gasteiger partial charge < -0.3 is 14.5 Å². The number of ether oxygens (including phenoxy) is 1. The zero-order valence-electron chi connectivity index (χ0n) is 16.4. The largest absolute Gasteiger partial charge is 0.489 e. The van der Waals surface area contributed by atoms with E-state index in [1.807, 2.05) is 55.5 Å². The number of hydrogen-bond acceptors (Lipinski definition) is 5. The highest BCUT2D eigenvalue weighted by Gasteiger charge is 2.15. The lowest BCUT2D eigenvalue weighted by Gasteiger charge is -2.11. The number of amides is 1. The van der Waals surface area contributed by atoms with E-state index in [0.29, 0.717) is 29.1 Å². The molecule has 0 saturated heterocycles. The average molecular weight is 420 g/mol. The van der Waals surface area contributed by atoms with Crippen LogP contribution in [0.25, 0.3) is 11.1 Å². The Morgan fingerprint density at radius 1 is 1.27 bits per heavy atom. The van der Waals surface area contributed by atoms with E-state index in [0.717, 1.165) is 5.57 Å². The third-order valence-corrected chi connectivity index (χ3v) is 4.23. The second-order valence-electron chi connectivity index (χ2n) is 6.17. The van der Waals surface area contributed by atoms with Crippen LogP contribution in [0.5, 0.6) is 5.75 Å². The van der Waals surface area contributed by atoms with E-state index < -0.39 is 5.91 Å². The Morgan fingerprint density at radius 2 is 2.10 bits per heavy atom. The minimum absolute atomic E-state index is 0.0519. The number of nitrogens with zero attached hydrogens (tertiary/aromatic N) is 1. The molecule has 1 amide bonds. The lowest BCUT2D eigenvalue weighted by Crippen LogP contribution is -2.34. The molecule has 152 valence electrons. The van der Waals surface area contributed by atoms with E-state index in [1.165, 1.54) is 0 Å². The fraction of sp³-hybridized carbons (Fsp3) is 0.0870. The first-order valence-electron chi connectivity index (χ1n) is 9.24. The second-order valence-corrected chi connectivity index (χ2v) is 6.58. The van der Waals surface area contributed by atoms with Crippen molar-refractivity contribution in [3.63, 3.8) is 0 Å². The van der Waals surface area contributed by atoms with Crippen LogP contribution in [0, 0.1) is 0 Å². The van der Waals surface area contributed by atoms with Crippen molar-refractivity contribution >= 4 is 40.0 Å². The molecule has 0 fully saturated rings. The van der Waals surface area contributed by atoms with Crippen LogP contribution >= 0.6 is 12.2 Å². The SMILES string of the molecule is C=C/C=C\C(=C/C)COc1cccc(NC(=S)NC(=O)c2nc3ccccc3o2)c1. The molecule has 1 aromatic heterocycles. The van der Waals surface area contributed by atoms with E-state index >= 15 is 0 Å². The van der Waals surface area contributed by atoms with Gasteiger partial charge in [-0.3, -0.25) is 10.1 Å². The van der Waals surface area contributed by atoms with Gasteiger partial charge in [-0.2, -0.15) is 0 Å². The first-order valence-corrected chi connectivity index (χ1v) is 9.65. The molecule has 7 heteroatoms. The molecule has 2 aromatic carbocycles. The van der Waals surface area contributed by atoms with Crippen molar-refractivity contribution in [2.75, 3.05) is 11.9 Å². The maximum Gasteiger partial charge on any atom is 0.313 e. The Bertz CT molecular complexity index is 1100. The monoisotopic (exact) mass is 419 g/mol. The van der Waals surface area contributed by atoms with Crippen molar-refractivity contribution in [2.45, 2.75) is 6.92 Å². The van der Waals surface area contributed by atoms with E-state index in [1.54, 1.807) is 24.3 Å². The number of carbonyl (C=O) groups is 1. The maximum absolute atomic E-state index is 12.3. The summed E-state index contributed by atoms with van der Waals surface area (Å²) in [7, 11) is 0. The number of oxazole rings is 1. The van der Waals surface area contributed by atoms with Crippen LogP contribution in [0.2, 0.25) is 0 Å². The quantitative estimate of drug-likeness (QED) is 0.414. The molecule has 0 atom stereocenters. The number of allylic oxidation sites excluding steroid dienone is 3. The molecule has 0 aliphatic carbocycles. The van der Waals surface area contributed by atoms with Gasteiger partial charge in [-0.05, 0) is 49.0 Å². The zero-order valence-corrected chi connectivity index (χ0v) is 17.2. The maximum atomic E-state index is 12.3. The van der Waals surface area contributed by atoms with Crippen LogP contribution in [0.3, 0.4) is 0 Å². The van der Waals surface area contributed by atoms with Crippen molar-refractivity contribution in [3.8, 4) is 5.75 Å². The van der Waals surface area contributed by atoms with Gasteiger partial charge in [0.2, 0.25) is 0 Å². The third kappa shape index (κ3) is 5.65. The van der Waals surface area contributed by atoms with Crippen LogP contribution < -0.4 is 15.4 Å². The molecular formula is C23H21N3O3S. The number of anilines is 1. The van der Waals surface area contributed by atoms with E-state index in [2.05, 4.69) is 22.2 Å². The highest BCUT2D eigenvalue weighted by atomic mass is 32.1. The molecule has 0 aliphatic rings. The van der Waals surface area contributed by atoms with Gasteiger partial charge in [0.1, 0.15) is 17.9 Å². The summed E-state index contributed by atoms with van der Waals surface area (Å²) in [6, 6.07) is 14.4. The summed E-state index contributed by atoms with van der Waals surface area (Å²) in [4.78, 5) is 16.5. The summed E-state index contributed by atoms with van der Waals surface area (Å²) >= 11 is 5.23. The van der Waals surface area contributed by atoms with Gasteiger partial charge >= 0.3 is 5.91 Å². The van der Waals surface area contributed by atoms with Gasteiger partial charge in [-0.15, -0.1) is 0 Å². The molecule has 0 aliphatic heterocycles. The lowest BCUT2D eigenvalue weighted by molar-refractivity contribution is 0.0946. The van der Waals surface area contributed by atoms with Crippen LogP contribution in [-0.4, -0.2) is 22.6 Å². The number of fused-ring (bicyclic) bond motifs is 1. The summed E-state index contributed by atoms with van der Waals surface area (Å²) in [5.41, 5.74) is 2.85. The highest BCUT2D eigenvalue weighted by molar-refractivity contribution is 7.80. The van der Waals surface area contributed by atoms with E-state index in [9.17, 15) is 4.79 Å². The molecule has 1 heterocycles. The number of nitrogens with one attached hydrogen (secondary N) is 2. The molecule has 0 spiro atoms. The Labute approximate surface area is 179 Å². The molecule has 2 N–H and O–H groups in total. The molecule has 0 unspecified atom stereocenters. The zero-order chi connectivity index (χ0) is 21.3. The summed E-state index contributed by atoms with van der Waals surface area (Å²) in [6.07, 6.45) is 7.48. The van der Waals surface area contributed by atoms with Crippen molar-refractivity contribution in [1.82, 2.24) is 10.3 Å². The van der Waals surface area contributed by atoms with E-state index in [-0.39, 0.29) is 11.0 Å². The predicted octanol–water partition coefficient (Wildman–Crippen LogP) is 5.02. The highest BCUT2D eigenvalue weighted by Crippen LogP contribution is 2.18. The van der Waals surface area contributed by atoms with Crippen molar-refractivity contribution in [1.29, 1.82) is 0 Å². The number of aromatic nitrogens is 1. The molecular weight excluding hydrogens is 398 g/mol. The number of thiocarbonyl (C=S) groups is 1. The Kier molecular flexibility index (Phi) is 7.13. The van der Waals surface area contributed by atoms with Crippen LogP contribution in [-0.2, 0) is 0 Å². The summed E-state index contributed by atoms with van der Waals surface area (Å²) < 4.78 is 11.3. The summed E-state index contributed by atoms with van der Waals surface area (Å²) in [5.74, 6) is 0.0890. The minimum Gasteiger partial charge on any atom is -0.489 e. The molecule has 6 nitrogen and oxygen atoms in total. The smallest absolute Gasteiger partial charge is 0.313 e. The second kappa shape index (κ2) is 10.2. The molecule has 0 radical (unpaired) electrons. The molecule has 0 saturated carbocycles. The molecule has 3 aromatic rings. The Morgan fingerprint density at radius 3 is 2.87 bits per heavy atom. The van der Waals surface area contributed by atoms with Crippen LogP contribution in [0.15, 0.2) is 89.4 Å². The van der Waals surface area contributed by atoms with Crippen molar-refractivity contribution < 1.29 is 13.9 Å². The molecule has 3 rings (SSSR count). The van der Waals surface area contributed by atoms with Crippen molar-refractivity contribution in [2.24, 2.45) is 0 Å². The number of carbonyl (C=O) groups excluding carboxylic acids is 1. The first-order chi connectivity index (χ1) is 14.6. The molecule has 30 heavy (non-hydrogen) atoms. The average Bonchev–Trinajstić information content (AvgIpc) is 3.18. The fourth-order valence-corrected chi connectivity index (χ4v) is 2.75. The van der Waals surface area contributed by atoms with Crippen LogP contribution in [0.1, 0.15) is 17.6 Å². The fourth-order valence-electron chi connectivity index (χ4n) is 2.54. The summed E-state index contributed by atoms with van der Waals surface area (Å²) in [5, 5.41) is 5.65. The lowest BCUT2D eigenvalue weighted by atomic mass is 10.2. The predicted molar refractivity (Wildman–Crippen MR) is 123 cm³/mol. The van der Waals surface area contributed by atoms with Gasteiger partial charge in [0, 0.05) is 11.8 Å².